The minimum Gasteiger partial charge on any atom is -0.464 e. The zero-order chi connectivity index (χ0) is 18.8. The van der Waals surface area contributed by atoms with E-state index < -0.39 is 5.97 Å². The molecule has 8 nitrogen and oxygen atoms in total. The molecule has 27 heavy (non-hydrogen) atoms. The normalized spacial score (nSPS) is 10.7. The number of para-hydroxylation sites is 1. The number of rotatable bonds is 4. The quantitative estimate of drug-likeness (QED) is 0.559. The van der Waals surface area contributed by atoms with Gasteiger partial charge in [-0.25, -0.2) is 14.5 Å². The summed E-state index contributed by atoms with van der Waals surface area (Å²) in [7, 11) is 1.30. The van der Waals surface area contributed by atoms with E-state index in [1.807, 2.05) is 48.0 Å². The first-order chi connectivity index (χ1) is 13.2. The second-order valence-electron chi connectivity index (χ2n) is 5.85. The van der Waals surface area contributed by atoms with E-state index >= 15 is 0 Å². The summed E-state index contributed by atoms with van der Waals surface area (Å²) < 4.78 is 6.43. The lowest BCUT2D eigenvalue weighted by atomic mass is 10.2. The predicted molar refractivity (Wildman–Crippen MR) is 100 cm³/mol. The third-order valence-electron chi connectivity index (χ3n) is 4.04. The first-order valence-corrected chi connectivity index (χ1v) is 8.25. The number of carbonyl (C=O) groups excluding carboxylic acids is 1. The molecule has 1 N–H and O–H groups in total. The lowest BCUT2D eigenvalue weighted by Gasteiger charge is -2.06. The van der Waals surface area contributed by atoms with Crippen LogP contribution < -0.4 is 5.32 Å². The molecule has 0 aliphatic heterocycles. The van der Waals surface area contributed by atoms with E-state index in [2.05, 4.69) is 30.3 Å². The van der Waals surface area contributed by atoms with Crippen molar-refractivity contribution in [2.75, 3.05) is 12.4 Å². The van der Waals surface area contributed by atoms with Crippen LogP contribution in [0, 0.1) is 6.92 Å². The predicted octanol–water partition coefficient (Wildman–Crippen LogP) is 3.05. The Labute approximate surface area is 154 Å². The molecule has 0 saturated heterocycles. The second-order valence-corrected chi connectivity index (χ2v) is 5.85. The molecule has 4 aromatic rings. The summed E-state index contributed by atoms with van der Waals surface area (Å²) in [4.78, 5) is 16.0. The number of anilines is 2. The summed E-state index contributed by atoms with van der Waals surface area (Å²) >= 11 is 0. The third-order valence-corrected chi connectivity index (χ3v) is 4.04. The van der Waals surface area contributed by atoms with Gasteiger partial charge in [-0.2, -0.15) is 5.10 Å². The molecule has 4 rings (SSSR count). The average Bonchev–Trinajstić information content (AvgIpc) is 3.05. The topological polar surface area (TPSA) is 94.8 Å². The van der Waals surface area contributed by atoms with Crippen molar-refractivity contribution in [3.05, 3.63) is 66.1 Å². The van der Waals surface area contributed by atoms with Gasteiger partial charge in [-0.3, -0.25) is 0 Å². The molecule has 8 heteroatoms. The van der Waals surface area contributed by atoms with Crippen molar-refractivity contribution in [1.82, 2.24) is 25.0 Å². The van der Waals surface area contributed by atoms with E-state index in [1.54, 1.807) is 18.3 Å². The number of nitrogens with zero attached hydrogens (tertiary/aromatic N) is 5. The van der Waals surface area contributed by atoms with Gasteiger partial charge in [0.05, 0.1) is 30.4 Å². The standard InChI is InChI=1S/C19H16N6O2/c1-12-15-10-13(21-17-9-8-16(22-23-17)19(26)27-2)11-20-18(15)25(24-12)14-6-4-3-5-7-14/h3-11H,1-2H3,(H,21,23). The molecule has 0 amide bonds. The Kier molecular flexibility index (Phi) is 4.21. The number of ether oxygens (including phenoxy) is 1. The van der Waals surface area contributed by atoms with Crippen LogP contribution in [0.15, 0.2) is 54.7 Å². The van der Waals surface area contributed by atoms with Gasteiger partial charge >= 0.3 is 5.97 Å². The van der Waals surface area contributed by atoms with Crippen LogP contribution >= 0.6 is 0 Å². The Morgan fingerprint density at radius 2 is 1.93 bits per heavy atom. The lowest BCUT2D eigenvalue weighted by molar-refractivity contribution is 0.0593. The Morgan fingerprint density at radius 3 is 2.63 bits per heavy atom. The largest absolute Gasteiger partial charge is 0.464 e. The Morgan fingerprint density at radius 1 is 1.11 bits per heavy atom. The number of esters is 1. The van der Waals surface area contributed by atoms with Crippen molar-refractivity contribution in [1.29, 1.82) is 0 Å². The number of benzene rings is 1. The summed E-state index contributed by atoms with van der Waals surface area (Å²) in [5.41, 5.74) is 3.50. The van der Waals surface area contributed by atoms with Crippen molar-refractivity contribution in [3.8, 4) is 5.69 Å². The molecule has 0 aliphatic carbocycles. The Hall–Kier alpha value is -3.81. The van der Waals surface area contributed by atoms with E-state index in [-0.39, 0.29) is 5.69 Å². The van der Waals surface area contributed by atoms with Gasteiger partial charge in [0.15, 0.2) is 17.2 Å². The Balaban J connectivity index is 1.64. The zero-order valence-electron chi connectivity index (χ0n) is 14.7. The molecule has 1 aromatic carbocycles. The molecule has 0 radical (unpaired) electrons. The molecule has 0 bridgehead atoms. The fourth-order valence-corrected chi connectivity index (χ4v) is 2.72. The maximum atomic E-state index is 11.4. The average molecular weight is 360 g/mol. The van der Waals surface area contributed by atoms with Gasteiger partial charge in [0.2, 0.25) is 0 Å². The van der Waals surface area contributed by atoms with Crippen molar-refractivity contribution >= 4 is 28.5 Å². The van der Waals surface area contributed by atoms with Crippen LogP contribution in [-0.2, 0) is 4.74 Å². The van der Waals surface area contributed by atoms with E-state index in [4.69, 9.17) is 0 Å². The number of hydrogen-bond donors (Lipinski definition) is 1. The fraction of sp³-hybridized carbons (Fsp3) is 0.105. The highest BCUT2D eigenvalue weighted by molar-refractivity contribution is 5.87. The summed E-state index contributed by atoms with van der Waals surface area (Å²) in [5, 5.41) is 16.5. The smallest absolute Gasteiger partial charge is 0.358 e. The van der Waals surface area contributed by atoms with Crippen LogP contribution in [0.1, 0.15) is 16.2 Å². The van der Waals surface area contributed by atoms with Gasteiger partial charge in [0, 0.05) is 5.39 Å². The number of aromatic nitrogens is 5. The molecule has 0 aliphatic rings. The molecule has 3 heterocycles. The third kappa shape index (κ3) is 3.20. The first-order valence-electron chi connectivity index (χ1n) is 8.25. The highest BCUT2D eigenvalue weighted by Crippen LogP contribution is 2.24. The monoisotopic (exact) mass is 360 g/mol. The molecule has 0 spiro atoms. The van der Waals surface area contributed by atoms with Crippen LogP contribution in [0.25, 0.3) is 16.7 Å². The molecule has 0 atom stereocenters. The van der Waals surface area contributed by atoms with Gasteiger partial charge in [-0.15, -0.1) is 10.2 Å². The van der Waals surface area contributed by atoms with Crippen LogP contribution in [-0.4, -0.2) is 38.0 Å². The molecule has 0 unspecified atom stereocenters. The number of nitrogens with one attached hydrogen (secondary N) is 1. The highest BCUT2D eigenvalue weighted by atomic mass is 16.5. The molecule has 3 aromatic heterocycles. The maximum absolute atomic E-state index is 11.4. The SMILES string of the molecule is COC(=O)c1ccc(Nc2cnc3c(c2)c(C)nn3-c2ccccc2)nn1. The number of hydrogen-bond acceptors (Lipinski definition) is 7. The van der Waals surface area contributed by atoms with Crippen molar-refractivity contribution in [3.63, 3.8) is 0 Å². The van der Waals surface area contributed by atoms with E-state index in [0.717, 1.165) is 28.1 Å². The second kappa shape index (κ2) is 6.83. The van der Waals surface area contributed by atoms with Gasteiger partial charge in [0.1, 0.15) is 0 Å². The van der Waals surface area contributed by atoms with Crippen LogP contribution in [0.4, 0.5) is 11.5 Å². The molecule has 134 valence electrons. The molecule has 0 fully saturated rings. The van der Waals surface area contributed by atoms with Gasteiger partial charge < -0.3 is 10.1 Å². The number of methoxy groups -OCH3 is 1. The number of pyridine rings is 1. The summed E-state index contributed by atoms with van der Waals surface area (Å²) in [6, 6.07) is 15.0. The van der Waals surface area contributed by atoms with Gasteiger partial charge in [-0.05, 0) is 37.3 Å². The summed E-state index contributed by atoms with van der Waals surface area (Å²) in [5.74, 6) is -0.0296. The van der Waals surface area contributed by atoms with Gasteiger partial charge in [0.25, 0.3) is 0 Å². The number of carbonyl (C=O) groups is 1. The molecule has 0 saturated carbocycles. The first kappa shape index (κ1) is 16.6. The maximum Gasteiger partial charge on any atom is 0.358 e. The summed E-state index contributed by atoms with van der Waals surface area (Å²) in [6.07, 6.45) is 1.71. The lowest BCUT2D eigenvalue weighted by Crippen LogP contribution is -2.06. The number of fused-ring (bicyclic) bond motifs is 1. The van der Waals surface area contributed by atoms with Crippen LogP contribution in [0.5, 0.6) is 0 Å². The van der Waals surface area contributed by atoms with Crippen LogP contribution in [0.2, 0.25) is 0 Å². The van der Waals surface area contributed by atoms with E-state index in [1.165, 1.54) is 7.11 Å². The Bertz CT molecular complexity index is 1110. The number of aryl methyl sites for hydroxylation is 1. The molecular formula is C19H16N6O2. The van der Waals surface area contributed by atoms with E-state index in [0.29, 0.717) is 5.82 Å². The van der Waals surface area contributed by atoms with Crippen molar-refractivity contribution in [2.45, 2.75) is 6.92 Å². The molecular weight excluding hydrogens is 344 g/mol. The minimum absolute atomic E-state index is 0.150. The fourth-order valence-electron chi connectivity index (χ4n) is 2.72. The van der Waals surface area contributed by atoms with Gasteiger partial charge in [-0.1, -0.05) is 18.2 Å². The minimum atomic E-state index is -0.527. The summed E-state index contributed by atoms with van der Waals surface area (Å²) in [6.45, 7) is 1.94. The van der Waals surface area contributed by atoms with Crippen molar-refractivity contribution in [2.24, 2.45) is 0 Å². The van der Waals surface area contributed by atoms with Crippen LogP contribution in [0.3, 0.4) is 0 Å². The zero-order valence-corrected chi connectivity index (χ0v) is 14.7. The van der Waals surface area contributed by atoms with Crippen molar-refractivity contribution < 1.29 is 9.53 Å². The highest BCUT2D eigenvalue weighted by Gasteiger charge is 2.12. The van der Waals surface area contributed by atoms with E-state index in [9.17, 15) is 4.79 Å².